The fourth-order valence-corrected chi connectivity index (χ4v) is 7.42. The number of nitrogens with zero attached hydrogens (tertiary/aromatic N) is 2. The Labute approximate surface area is 225 Å². The van der Waals surface area contributed by atoms with Gasteiger partial charge >= 0.3 is 0 Å². The predicted octanol–water partition coefficient (Wildman–Crippen LogP) is 7.87. The van der Waals surface area contributed by atoms with E-state index in [9.17, 15) is 0 Å². The Morgan fingerprint density at radius 1 is 0.605 bits per heavy atom. The highest BCUT2D eigenvalue weighted by Crippen LogP contribution is 2.50. The first-order valence-electron chi connectivity index (χ1n) is 14.1. The molecule has 0 radical (unpaired) electrons. The van der Waals surface area contributed by atoms with Crippen LogP contribution in [-0.4, -0.2) is 0 Å². The molecule has 0 fully saturated rings. The molecule has 0 saturated carbocycles. The zero-order chi connectivity index (χ0) is 25.7. The highest BCUT2D eigenvalue weighted by Gasteiger charge is 2.53. The van der Waals surface area contributed by atoms with Crippen molar-refractivity contribution in [3.63, 3.8) is 0 Å². The molecule has 5 aromatic rings. The molecule has 3 aromatic carbocycles. The lowest BCUT2D eigenvalue weighted by Crippen LogP contribution is -2.62. The highest BCUT2D eigenvalue weighted by atomic mass is 15.1. The van der Waals surface area contributed by atoms with Gasteiger partial charge in [0, 0.05) is 54.7 Å². The van der Waals surface area contributed by atoms with E-state index in [1.807, 2.05) is 0 Å². The first kappa shape index (κ1) is 23.1. The van der Waals surface area contributed by atoms with Crippen LogP contribution in [0.25, 0.3) is 33.6 Å². The fraction of sp³-hybridized carbons (Fsp3) is 0.222. The number of rotatable bonds is 5. The second kappa shape index (κ2) is 9.06. The maximum Gasteiger partial charge on any atom is 0.213 e. The van der Waals surface area contributed by atoms with Crippen LogP contribution < -0.4 is 9.13 Å². The lowest BCUT2D eigenvalue weighted by Gasteiger charge is -2.40. The Kier molecular flexibility index (Phi) is 5.51. The molecule has 2 aliphatic rings. The Bertz CT molecular complexity index is 1630. The van der Waals surface area contributed by atoms with Crippen LogP contribution in [0.4, 0.5) is 0 Å². The minimum absolute atomic E-state index is 0.0349. The van der Waals surface area contributed by atoms with Gasteiger partial charge in [-0.15, -0.1) is 0 Å². The lowest BCUT2D eigenvalue weighted by molar-refractivity contribution is -0.765. The summed E-state index contributed by atoms with van der Waals surface area (Å²) in [6.45, 7) is 4.76. The number of hydrogen-bond donors (Lipinski definition) is 0. The van der Waals surface area contributed by atoms with E-state index in [0.717, 1.165) is 19.3 Å². The van der Waals surface area contributed by atoms with E-state index in [2.05, 4.69) is 145 Å². The first-order chi connectivity index (χ1) is 18.7. The zero-order valence-corrected chi connectivity index (χ0v) is 22.2. The topological polar surface area (TPSA) is 7.76 Å². The van der Waals surface area contributed by atoms with Crippen molar-refractivity contribution in [2.45, 2.75) is 50.6 Å². The molecule has 2 aliphatic heterocycles. The van der Waals surface area contributed by atoms with Crippen molar-refractivity contribution in [1.29, 1.82) is 0 Å². The molecule has 0 bridgehead atoms. The van der Waals surface area contributed by atoms with Gasteiger partial charge in [-0.3, -0.25) is 0 Å². The van der Waals surface area contributed by atoms with E-state index >= 15 is 0 Å². The Balaban J connectivity index is 1.39. The summed E-state index contributed by atoms with van der Waals surface area (Å²) < 4.78 is 5.13. The summed E-state index contributed by atoms with van der Waals surface area (Å²) in [7, 11) is 0. The molecule has 2 atom stereocenters. The van der Waals surface area contributed by atoms with E-state index in [1.165, 1.54) is 44.8 Å². The molecule has 186 valence electrons. The molecule has 4 heterocycles. The molecule has 0 aliphatic carbocycles. The summed E-state index contributed by atoms with van der Waals surface area (Å²) >= 11 is 0. The van der Waals surface area contributed by atoms with Gasteiger partial charge in [0.25, 0.3) is 0 Å². The van der Waals surface area contributed by atoms with Crippen molar-refractivity contribution in [3.8, 4) is 33.6 Å². The van der Waals surface area contributed by atoms with Gasteiger partial charge in [0.2, 0.25) is 11.4 Å². The monoisotopic (exact) mass is 494 g/mol. The summed E-state index contributed by atoms with van der Waals surface area (Å²) in [4.78, 5) is 0. The molecule has 2 aromatic heterocycles. The molecule has 38 heavy (non-hydrogen) atoms. The van der Waals surface area contributed by atoms with E-state index in [0.29, 0.717) is 12.0 Å². The van der Waals surface area contributed by atoms with Crippen LogP contribution in [-0.2, 0) is 5.54 Å². The van der Waals surface area contributed by atoms with Crippen LogP contribution >= 0.6 is 0 Å². The van der Waals surface area contributed by atoms with Crippen molar-refractivity contribution < 1.29 is 9.13 Å². The molecular formula is C36H34N2+2. The van der Waals surface area contributed by atoms with Gasteiger partial charge in [-0.05, 0) is 41.0 Å². The average molecular weight is 495 g/mol. The molecular weight excluding hydrogens is 460 g/mol. The summed E-state index contributed by atoms with van der Waals surface area (Å²) in [6.07, 6.45) is 7.88. The minimum Gasteiger partial charge on any atom is -0.192 e. The van der Waals surface area contributed by atoms with E-state index < -0.39 is 0 Å². The van der Waals surface area contributed by atoms with Crippen LogP contribution in [0.15, 0.2) is 122 Å². The standard InChI is InChI=1S/C36H34N2/c1-3-36(4-2)32(28-16-8-9-17-29(28)34-19-11-13-23-38(34)36)25-35-30-21-20-27(26-14-6-5-7-15-26)24-31(30)33-18-10-12-22-37(33)35/h5-24,32,35H,3-4,25H2,1-2H3/q+2. The second-order valence-corrected chi connectivity index (χ2v) is 10.8. The van der Waals surface area contributed by atoms with Gasteiger partial charge in [0.15, 0.2) is 24.0 Å². The normalized spacial score (nSPS) is 18.3. The number of pyridine rings is 2. The van der Waals surface area contributed by atoms with E-state index in [1.54, 1.807) is 0 Å². The molecule has 2 nitrogen and oxygen atoms in total. The van der Waals surface area contributed by atoms with Crippen LogP contribution in [0.1, 0.15) is 56.2 Å². The third-order valence-electron chi connectivity index (χ3n) is 9.31. The van der Waals surface area contributed by atoms with Crippen LogP contribution in [0.5, 0.6) is 0 Å². The highest BCUT2D eigenvalue weighted by molar-refractivity contribution is 5.74. The maximum absolute atomic E-state index is 2.60. The van der Waals surface area contributed by atoms with Gasteiger partial charge in [0.1, 0.15) is 0 Å². The lowest BCUT2D eigenvalue weighted by atomic mass is 9.67. The van der Waals surface area contributed by atoms with Gasteiger partial charge in [-0.25, -0.2) is 0 Å². The van der Waals surface area contributed by atoms with Gasteiger partial charge in [0.05, 0.1) is 11.5 Å². The fourth-order valence-electron chi connectivity index (χ4n) is 7.42. The number of fused-ring (bicyclic) bond motifs is 6. The first-order valence-corrected chi connectivity index (χ1v) is 14.1. The Morgan fingerprint density at radius 3 is 2.13 bits per heavy atom. The van der Waals surface area contributed by atoms with Crippen molar-refractivity contribution in [3.05, 3.63) is 133 Å². The smallest absolute Gasteiger partial charge is 0.192 e. The molecule has 7 rings (SSSR count). The molecule has 2 unspecified atom stereocenters. The van der Waals surface area contributed by atoms with E-state index in [-0.39, 0.29) is 5.54 Å². The molecule has 0 spiro atoms. The SMILES string of the molecule is CCC1(CC)C(CC2c3ccc(-c4ccccc4)cc3-c3cccc[n+]32)c2ccccc2-c2cccc[n+]21. The summed E-state index contributed by atoms with van der Waals surface area (Å²) in [6, 6.07) is 40.6. The van der Waals surface area contributed by atoms with Crippen molar-refractivity contribution in [2.75, 3.05) is 0 Å². The van der Waals surface area contributed by atoms with Crippen LogP contribution in [0.2, 0.25) is 0 Å². The molecule has 0 amide bonds. The maximum atomic E-state index is 2.60. The summed E-state index contributed by atoms with van der Waals surface area (Å²) in [5.74, 6) is 0.402. The minimum atomic E-state index is 0.0349. The predicted molar refractivity (Wildman–Crippen MR) is 154 cm³/mol. The molecule has 0 saturated heterocycles. The van der Waals surface area contributed by atoms with Crippen molar-refractivity contribution >= 4 is 0 Å². The summed E-state index contributed by atoms with van der Waals surface area (Å²) in [5, 5.41) is 0. The second-order valence-electron chi connectivity index (χ2n) is 10.8. The number of hydrogen-bond acceptors (Lipinski definition) is 0. The van der Waals surface area contributed by atoms with E-state index in [4.69, 9.17) is 0 Å². The van der Waals surface area contributed by atoms with Gasteiger partial charge < -0.3 is 0 Å². The number of benzene rings is 3. The zero-order valence-electron chi connectivity index (χ0n) is 22.2. The Morgan fingerprint density at radius 2 is 1.32 bits per heavy atom. The van der Waals surface area contributed by atoms with Crippen molar-refractivity contribution in [1.82, 2.24) is 0 Å². The summed E-state index contributed by atoms with van der Waals surface area (Å²) in [5.41, 5.74) is 10.9. The van der Waals surface area contributed by atoms with Gasteiger partial charge in [-0.2, -0.15) is 9.13 Å². The van der Waals surface area contributed by atoms with Gasteiger partial charge in [-0.1, -0.05) is 74.5 Å². The van der Waals surface area contributed by atoms with Crippen molar-refractivity contribution in [2.24, 2.45) is 0 Å². The molecule has 0 N–H and O–H groups in total. The van der Waals surface area contributed by atoms with Crippen LogP contribution in [0, 0.1) is 0 Å². The van der Waals surface area contributed by atoms with Crippen LogP contribution in [0.3, 0.4) is 0 Å². The number of aromatic nitrogens is 2. The molecule has 2 heteroatoms. The largest absolute Gasteiger partial charge is 0.213 e. The Hall–Kier alpha value is -4.04. The third-order valence-corrected chi connectivity index (χ3v) is 9.31. The quantitative estimate of drug-likeness (QED) is 0.220. The average Bonchev–Trinajstić information content (AvgIpc) is 3.31. The third kappa shape index (κ3) is 3.33.